The molecular weight excluding hydrogens is 230 g/mol. The van der Waals surface area contributed by atoms with Crippen LogP contribution in [0.25, 0.3) is 0 Å². The van der Waals surface area contributed by atoms with Crippen LogP contribution in [0.4, 0.5) is 0 Å². The van der Waals surface area contributed by atoms with Gasteiger partial charge < -0.3 is 10.6 Å². The molecule has 6 heteroatoms. The summed E-state index contributed by atoms with van der Waals surface area (Å²) >= 11 is 0. The van der Waals surface area contributed by atoms with Crippen molar-refractivity contribution in [3.63, 3.8) is 0 Å². The molecule has 0 radical (unpaired) electrons. The lowest BCUT2D eigenvalue weighted by molar-refractivity contribution is -0.138. The molecular formula is C12H21N5O. The highest BCUT2D eigenvalue weighted by atomic mass is 16.2. The fourth-order valence-corrected chi connectivity index (χ4v) is 2.64. The minimum Gasteiger partial charge on any atom is -0.336 e. The number of nitrogens with two attached hydrogens (primary N) is 1. The third-order valence-electron chi connectivity index (χ3n) is 3.57. The van der Waals surface area contributed by atoms with Crippen LogP contribution in [0.5, 0.6) is 0 Å². The van der Waals surface area contributed by atoms with Gasteiger partial charge in [-0.2, -0.15) is 0 Å². The molecule has 0 spiro atoms. The van der Waals surface area contributed by atoms with Gasteiger partial charge in [0.15, 0.2) is 0 Å². The van der Waals surface area contributed by atoms with Crippen molar-refractivity contribution in [2.24, 2.45) is 5.73 Å². The van der Waals surface area contributed by atoms with Crippen molar-refractivity contribution in [1.29, 1.82) is 0 Å². The molecule has 1 fully saturated rings. The van der Waals surface area contributed by atoms with E-state index in [-0.39, 0.29) is 12.5 Å². The van der Waals surface area contributed by atoms with Gasteiger partial charge in [-0.15, -0.1) is 5.10 Å². The van der Waals surface area contributed by atoms with Gasteiger partial charge in [0.05, 0.1) is 11.9 Å². The van der Waals surface area contributed by atoms with Gasteiger partial charge in [-0.25, -0.2) is 4.68 Å². The lowest BCUT2D eigenvalue weighted by Gasteiger charge is -2.39. The molecule has 0 unspecified atom stereocenters. The summed E-state index contributed by atoms with van der Waals surface area (Å²) in [7, 11) is 0. The molecule has 2 heterocycles. The maximum atomic E-state index is 12.3. The SMILES string of the molecule is C[C@@H]1CCC[C@H](C)N1C(=O)Cn1cc(CN)nn1. The quantitative estimate of drug-likeness (QED) is 0.850. The van der Waals surface area contributed by atoms with Crippen LogP contribution in [0, 0.1) is 0 Å². The normalized spacial score (nSPS) is 24.3. The van der Waals surface area contributed by atoms with Gasteiger partial charge in [-0.05, 0) is 33.1 Å². The maximum Gasteiger partial charge on any atom is 0.244 e. The second-order valence-corrected chi connectivity index (χ2v) is 5.04. The molecule has 100 valence electrons. The molecule has 1 aliphatic heterocycles. The topological polar surface area (TPSA) is 77.0 Å². The van der Waals surface area contributed by atoms with Crippen molar-refractivity contribution in [1.82, 2.24) is 19.9 Å². The van der Waals surface area contributed by atoms with E-state index in [9.17, 15) is 4.79 Å². The largest absolute Gasteiger partial charge is 0.336 e. The highest BCUT2D eigenvalue weighted by Gasteiger charge is 2.28. The second-order valence-electron chi connectivity index (χ2n) is 5.04. The van der Waals surface area contributed by atoms with Crippen LogP contribution in [0.1, 0.15) is 38.8 Å². The van der Waals surface area contributed by atoms with Gasteiger partial charge in [0.25, 0.3) is 0 Å². The number of hydrogen-bond donors (Lipinski definition) is 1. The maximum absolute atomic E-state index is 12.3. The van der Waals surface area contributed by atoms with E-state index in [2.05, 4.69) is 24.2 Å². The van der Waals surface area contributed by atoms with Crippen molar-refractivity contribution in [2.75, 3.05) is 0 Å². The first-order valence-electron chi connectivity index (χ1n) is 6.52. The Bertz CT molecular complexity index is 406. The molecule has 1 aliphatic rings. The summed E-state index contributed by atoms with van der Waals surface area (Å²) in [5.74, 6) is 0.114. The number of piperidine rings is 1. The molecule has 2 rings (SSSR count). The fourth-order valence-electron chi connectivity index (χ4n) is 2.64. The molecule has 0 bridgehead atoms. The van der Waals surface area contributed by atoms with Gasteiger partial charge >= 0.3 is 0 Å². The van der Waals surface area contributed by atoms with Crippen molar-refractivity contribution in [3.8, 4) is 0 Å². The summed E-state index contributed by atoms with van der Waals surface area (Å²) in [5, 5.41) is 7.80. The predicted molar refractivity (Wildman–Crippen MR) is 67.5 cm³/mol. The average molecular weight is 251 g/mol. The Kier molecular flexibility index (Phi) is 3.96. The zero-order chi connectivity index (χ0) is 13.1. The van der Waals surface area contributed by atoms with Crippen LogP contribution in [-0.4, -0.2) is 37.9 Å². The molecule has 18 heavy (non-hydrogen) atoms. The number of carbonyl (C=O) groups excluding carboxylic acids is 1. The standard InChI is InChI=1S/C12H21N5O/c1-9-4-3-5-10(2)17(9)12(18)8-16-7-11(6-13)14-15-16/h7,9-10H,3-6,8,13H2,1-2H3/t9-,10+. The zero-order valence-electron chi connectivity index (χ0n) is 11.0. The molecule has 1 aromatic heterocycles. The number of hydrogen-bond acceptors (Lipinski definition) is 4. The third-order valence-corrected chi connectivity index (χ3v) is 3.57. The van der Waals surface area contributed by atoms with Gasteiger partial charge in [0.1, 0.15) is 6.54 Å². The van der Waals surface area contributed by atoms with E-state index in [1.807, 2.05) is 4.90 Å². The minimum absolute atomic E-state index is 0.114. The van der Waals surface area contributed by atoms with E-state index in [0.29, 0.717) is 24.3 Å². The number of amides is 1. The first-order chi connectivity index (χ1) is 8.61. The summed E-state index contributed by atoms with van der Waals surface area (Å²) in [5.41, 5.74) is 6.18. The molecule has 0 aliphatic carbocycles. The van der Waals surface area contributed by atoms with Crippen molar-refractivity contribution >= 4 is 5.91 Å². The highest BCUT2D eigenvalue weighted by molar-refractivity contribution is 5.76. The molecule has 1 aromatic rings. The van der Waals surface area contributed by atoms with Crippen molar-refractivity contribution < 1.29 is 4.79 Å². The summed E-state index contributed by atoms with van der Waals surface area (Å²) in [4.78, 5) is 14.3. The van der Waals surface area contributed by atoms with E-state index in [1.54, 1.807) is 10.9 Å². The lowest BCUT2D eigenvalue weighted by Crippen LogP contribution is -2.48. The van der Waals surface area contributed by atoms with Gasteiger partial charge in [-0.3, -0.25) is 4.79 Å². The summed E-state index contributed by atoms with van der Waals surface area (Å²) in [6, 6.07) is 0.637. The Labute approximate surface area is 107 Å². The van der Waals surface area contributed by atoms with E-state index >= 15 is 0 Å². The number of rotatable bonds is 3. The predicted octanol–water partition coefficient (Wildman–Crippen LogP) is 0.526. The second kappa shape index (κ2) is 5.48. The number of likely N-dealkylation sites (tertiary alicyclic amines) is 1. The van der Waals surface area contributed by atoms with Crippen molar-refractivity contribution in [3.05, 3.63) is 11.9 Å². The number of nitrogens with zero attached hydrogens (tertiary/aromatic N) is 4. The summed E-state index contributed by atoms with van der Waals surface area (Å²) < 4.78 is 1.57. The first kappa shape index (κ1) is 13.0. The Morgan fingerprint density at radius 2 is 2.11 bits per heavy atom. The molecule has 1 amide bonds. The number of aromatic nitrogens is 3. The van der Waals surface area contributed by atoms with Crippen LogP contribution in [0.3, 0.4) is 0 Å². The Balaban J connectivity index is 2.02. The molecule has 2 N–H and O–H groups in total. The minimum atomic E-state index is 0.114. The summed E-state index contributed by atoms with van der Waals surface area (Å²) in [6.07, 6.45) is 5.10. The van der Waals surface area contributed by atoms with Crippen LogP contribution in [0.15, 0.2) is 6.20 Å². The van der Waals surface area contributed by atoms with Crippen LogP contribution < -0.4 is 5.73 Å². The van der Waals surface area contributed by atoms with Gasteiger partial charge in [0, 0.05) is 18.6 Å². The Morgan fingerprint density at radius 3 is 2.67 bits per heavy atom. The van der Waals surface area contributed by atoms with E-state index in [1.165, 1.54) is 6.42 Å². The van der Waals surface area contributed by atoms with Crippen LogP contribution >= 0.6 is 0 Å². The Morgan fingerprint density at radius 1 is 1.44 bits per heavy atom. The monoisotopic (exact) mass is 251 g/mol. The smallest absolute Gasteiger partial charge is 0.244 e. The van der Waals surface area contributed by atoms with Gasteiger partial charge in [-0.1, -0.05) is 5.21 Å². The van der Waals surface area contributed by atoms with Crippen LogP contribution in [-0.2, 0) is 17.9 Å². The molecule has 6 nitrogen and oxygen atoms in total. The van der Waals surface area contributed by atoms with Crippen molar-refractivity contribution in [2.45, 2.75) is 58.3 Å². The highest BCUT2D eigenvalue weighted by Crippen LogP contribution is 2.22. The summed E-state index contributed by atoms with van der Waals surface area (Å²) in [6.45, 7) is 4.83. The molecule has 0 aromatic carbocycles. The van der Waals surface area contributed by atoms with E-state index in [4.69, 9.17) is 5.73 Å². The average Bonchev–Trinajstić information content (AvgIpc) is 2.76. The van der Waals surface area contributed by atoms with Crippen LogP contribution in [0.2, 0.25) is 0 Å². The molecule has 1 saturated heterocycles. The zero-order valence-corrected chi connectivity index (χ0v) is 11.0. The Hall–Kier alpha value is -1.43. The molecule has 2 atom stereocenters. The lowest BCUT2D eigenvalue weighted by atomic mass is 9.97. The van der Waals surface area contributed by atoms with E-state index < -0.39 is 0 Å². The van der Waals surface area contributed by atoms with Gasteiger partial charge in [0.2, 0.25) is 5.91 Å². The fraction of sp³-hybridized carbons (Fsp3) is 0.750. The first-order valence-corrected chi connectivity index (χ1v) is 6.52. The third kappa shape index (κ3) is 2.69. The molecule has 0 saturated carbocycles. The number of carbonyl (C=O) groups is 1. The van der Waals surface area contributed by atoms with E-state index in [0.717, 1.165) is 12.8 Å².